The number of fused-ring (bicyclic) bond motifs is 1. The minimum atomic E-state index is -1.19. The van der Waals surface area contributed by atoms with Gasteiger partial charge in [0.2, 0.25) is 0 Å². The van der Waals surface area contributed by atoms with Crippen LogP contribution < -0.4 is 14.8 Å². The van der Waals surface area contributed by atoms with Gasteiger partial charge in [-0.1, -0.05) is 55.5 Å². The van der Waals surface area contributed by atoms with Gasteiger partial charge in [-0.2, -0.15) is 0 Å². The molecule has 0 aliphatic heterocycles. The Morgan fingerprint density at radius 3 is 2.42 bits per heavy atom. The summed E-state index contributed by atoms with van der Waals surface area (Å²) < 4.78 is 11.4. The average molecular weight is 452 g/mol. The third-order valence-electron chi connectivity index (χ3n) is 7.21. The highest BCUT2D eigenvalue weighted by atomic mass is 16.5. The Labute approximate surface area is 195 Å². The van der Waals surface area contributed by atoms with Crippen molar-refractivity contribution in [2.24, 2.45) is 11.8 Å². The smallest absolute Gasteiger partial charge is 0.329 e. The van der Waals surface area contributed by atoms with Crippen molar-refractivity contribution >= 4 is 11.9 Å². The van der Waals surface area contributed by atoms with Crippen molar-refractivity contribution in [1.29, 1.82) is 0 Å². The summed E-state index contributed by atoms with van der Waals surface area (Å²) in [5, 5.41) is 12.9. The van der Waals surface area contributed by atoms with E-state index in [9.17, 15) is 14.7 Å². The van der Waals surface area contributed by atoms with Crippen molar-refractivity contribution < 1.29 is 24.2 Å². The summed E-state index contributed by atoms with van der Waals surface area (Å²) in [6.07, 6.45) is 6.14. The van der Waals surface area contributed by atoms with Gasteiger partial charge in [0, 0.05) is 12.0 Å². The lowest BCUT2D eigenvalue weighted by Crippen LogP contribution is -2.53. The summed E-state index contributed by atoms with van der Waals surface area (Å²) >= 11 is 0. The predicted octanol–water partition coefficient (Wildman–Crippen LogP) is 4.78. The van der Waals surface area contributed by atoms with Gasteiger partial charge in [-0.15, -0.1) is 0 Å². The Morgan fingerprint density at radius 2 is 1.79 bits per heavy atom. The first-order chi connectivity index (χ1) is 15.9. The number of methoxy groups -OCH3 is 1. The van der Waals surface area contributed by atoms with Crippen LogP contribution in [0, 0.1) is 18.8 Å². The molecular weight excluding hydrogens is 418 g/mol. The molecule has 2 fully saturated rings. The van der Waals surface area contributed by atoms with Crippen LogP contribution in [-0.2, 0) is 11.2 Å². The van der Waals surface area contributed by atoms with Gasteiger partial charge >= 0.3 is 5.97 Å². The maximum atomic E-state index is 13.1. The van der Waals surface area contributed by atoms with E-state index in [1.807, 2.05) is 6.07 Å². The fourth-order valence-corrected chi connectivity index (χ4v) is 5.50. The minimum absolute atomic E-state index is 0.372. The van der Waals surface area contributed by atoms with Gasteiger partial charge in [0.25, 0.3) is 5.91 Å². The van der Waals surface area contributed by atoms with E-state index < -0.39 is 11.5 Å². The second kappa shape index (κ2) is 9.86. The second-order valence-corrected chi connectivity index (χ2v) is 9.51. The molecule has 0 spiro atoms. The Balaban J connectivity index is 1.46. The maximum Gasteiger partial charge on any atom is 0.329 e. The van der Waals surface area contributed by atoms with Crippen LogP contribution >= 0.6 is 0 Å². The molecule has 0 aromatic heterocycles. The highest BCUT2D eigenvalue weighted by Gasteiger charge is 2.51. The highest BCUT2D eigenvalue weighted by molar-refractivity contribution is 5.98. The van der Waals surface area contributed by atoms with E-state index in [0.717, 1.165) is 32.1 Å². The third kappa shape index (κ3) is 5.15. The molecule has 2 aliphatic carbocycles. The Bertz CT molecular complexity index is 1000. The molecule has 0 saturated heterocycles. The predicted molar refractivity (Wildman–Crippen MR) is 126 cm³/mol. The largest absolute Gasteiger partial charge is 0.493 e. The van der Waals surface area contributed by atoms with Crippen molar-refractivity contribution in [2.75, 3.05) is 13.7 Å². The fourth-order valence-electron chi connectivity index (χ4n) is 5.50. The summed E-state index contributed by atoms with van der Waals surface area (Å²) in [5.74, 6) is 0.451. The lowest BCUT2D eigenvalue weighted by molar-refractivity contribution is -0.144. The van der Waals surface area contributed by atoms with Gasteiger partial charge in [-0.25, -0.2) is 4.79 Å². The van der Waals surface area contributed by atoms with Crippen LogP contribution in [0.5, 0.6) is 11.5 Å². The standard InChI is InChI=1S/C27H33NO5/c1-18-6-5-7-19(14-18)12-13-33-24-15-20(10-11-23(24)32-2)25(29)28-27(26(30)31)16-21-8-3-4-9-22(21)17-27/h5-7,10-11,14-15,21-22H,3-4,8-9,12-13,16-17H2,1-2H3,(H,28,29)(H,30,31). The molecule has 1 amide bonds. The number of carbonyl (C=O) groups excluding carboxylic acids is 1. The number of carbonyl (C=O) groups is 2. The molecule has 6 nitrogen and oxygen atoms in total. The quantitative estimate of drug-likeness (QED) is 0.603. The zero-order chi connectivity index (χ0) is 23.4. The van der Waals surface area contributed by atoms with Crippen LogP contribution in [0.1, 0.15) is 60.0 Å². The van der Waals surface area contributed by atoms with Gasteiger partial charge in [0.15, 0.2) is 11.5 Å². The molecule has 176 valence electrons. The molecule has 2 unspecified atom stereocenters. The molecule has 6 heteroatoms. The molecule has 2 atom stereocenters. The van der Waals surface area contributed by atoms with Gasteiger partial charge < -0.3 is 19.9 Å². The van der Waals surface area contributed by atoms with Crippen LogP contribution in [0.25, 0.3) is 0 Å². The number of aliphatic carboxylic acids is 1. The summed E-state index contributed by atoms with van der Waals surface area (Å²) in [7, 11) is 1.56. The lowest BCUT2D eigenvalue weighted by Gasteiger charge is -2.26. The number of rotatable bonds is 8. The molecule has 2 saturated carbocycles. The Hall–Kier alpha value is -3.02. The summed E-state index contributed by atoms with van der Waals surface area (Å²) in [6, 6.07) is 13.2. The van der Waals surface area contributed by atoms with Gasteiger partial charge in [-0.3, -0.25) is 4.79 Å². The van der Waals surface area contributed by atoms with Crippen molar-refractivity contribution in [3.05, 3.63) is 59.2 Å². The number of aryl methyl sites for hydroxylation is 1. The van der Waals surface area contributed by atoms with E-state index in [2.05, 4.69) is 30.4 Å². The number of carboxylic acids is 1. The molecule has 2 aromatic carbocycles. The summed E-state index contributed by atoms with van der Waals surface area (Å²) in [4.78, 5) is 25.4. The van der Waals surface area contributed by atoms with E-state index >= 15 is 0 Å². The van der Waals surface area contributed by atoms with Gasteiger partial charge in [-0.05, 0) is 55.4 Å². The number of nitrogens with one attached hydrogen (secondary N) is 1. The third-order valence-corrected chi connectivity index (χ3v) is 7.21. The fraction of sp³-hybridized carbons (Fsp3) is 0.481. The normalized spacial score (nSPS) is 24.1. The molecule has 0 bridgehead atoms. The molecule has 33 heavy (non-hydrogen) atoms. The van der Waals surface area contributed by atoms with Crippen LogP contribution in [0.2, 0.25) is 0 Å². The Morgan fingerprint density at radius 1 is 1.06 bits per heavy atom. The van der Waals surface area contributed by atoms with Crippen molar-refractivity contribution in [1.82, 2.24) is 5.32 Å². The zero-order valence-corrected chi connectivity index (χ0v) is 19.4. The highest BCUT2D eigenvalue weighted by Crippen LogP contribution is 2.47. The van der Waals surface area contributed by atoms with Crippen molar-refractivity contribution in [2.45, 2.75) is 57.4 Å². The van der Waals surface area contributed by atoms with E-state index in [1.54, 1.807) is 25.3 Å². The lowest BCUT2D eigenvalue weighted by atomic mass is 9.82. The summed E-state index contributed by atoms with van der Waals surface area (Å²) in [5.41, 5.74) is 1.55. The van der Waals surface area contributed by atoms with Crippen LogP contribution in [0.15, 0.2) is 42.5 Å². The monoisotopic (exact) mass is 451 g/mol. The average Bonchev–Trinajstić information content (AvgIpc) is 3.18. The molecule has 2 N–H and O–H groups in total. The number of hydrogen-bond donors (Lipinski definition) is 2. The maximum absolute atomic E-state index is 13.1. The topological polar surface area (TPSA) is 84.9 Å². The number of amides is 1. The minimum Gasteiger partial charge on any atom is -0.493 e. The zero-order valence-electron chi connectivity index (χ0n) is 19.4. The second-order valence-electron chi connectivity index (χ2n) is 9.51. The van der Waals surface area contributed by atoms with Crippen LogP contribution in [0.4, 0.5) is 0 Å². The number of carboxylic acid groups (broad SMARTS) is 1. The van der Waals surface area contributed by atoms with Crippen LogP contribution in [-0.4, -0.2) is 36.2 Å². The Kier molecular flexibility index (Phi) is 6.91. The van der Waals surface area contributed by atoms with E-state index in [4.69, 9.17) is 9.47 Å². The van der Waals surface area contributed by atoms with Gasteiger partial charge in [0.1, 0.15) is 5.54 Å². The molecule has 2 aromatic rings. The molecular formula is C27H33NO5. The van der Waals surface area contributed by atoms with E-state index in [1.165, 1.54) is 11.1 Å². The first-order valence-corrected chi connectivity index (χ1v) is 11.8. The van der Waals surface area contributed by atoms with Crippen molar-refractivity contribution in [3.8, 4) is 11.5 Å². The number of benzene rings is 2. The molecule has 0 heterocycles. The number of hydrogen-bond acceptors (Lipinski definition) is 4. The van der Waals surface area contributed by atoms with E-state index in [0.29, 0.717) is 48.3 Å². The van der Waals surface area contributed by atoms with E-state index in [-0.39, 0.29) is 5.91 Å². The molecule has 4 rings (SSSR count). The van der Waals surface area contributed by atoms with Crippen LogP contribution in [0.3, 0.4) is 0 Å². The molecule has 2 aliphatic rings. The SMILES string of the molecule is COc1ccc(C(=O)NC2(C(=O)O)CC3CCCCC3C2)cc1OCCc1cccc(C)c1. The first-order valence-electron chi connectivity index (χ1n) is 11.8. The molecule has 0 radical (unpaired) electrons. The van der Waals surface area contributed by atoms with Gasteiger partial charge in [0.05, 0.1) is 13.7 Å². The number of ether oxygens (including phenoxy) is 2. The summed E-state index contributed by atoms with van der Waals surface area (Å²) in [6.45, 7) is 2.49. The first kappa shape index (κ1) is 23.1. The van der Waals surface area contributed by atoms with Crippen molar-refractivity contribution in [3.63, 3.8) is 0 Å².